The summed E-state index contributed by atoms with van der Waals surface area (Å²) >= 11 is 12.0. The van der Waals surface area contributed by atoms with E-state index in [0.29, 0.717) is 16.3 Å². The molecule has 2 aromatic heterocycles. The first-order valence-corrected chi connectivity index (χ1v) is 6.34. The fraction of sp³-hybridized carbons (Fsp3) is 0.417. The van der Waals surface area contributed by atoms with Crippen LogP contribution in [0.3, 0.4) is 0 Å². The number of fused-ring (bicyclic) bond motifs is 1. The van der Waals surface area contributed by atoms with Crippen molar-refractivity contribution in [3.63, 3.8) is 0 Å². The van der Waals surface area contributed by atoms with E-state index < -0.39 is 0 Å². The number of nitrogens with zero attached hydrogens (tertiary/aromatic N) is 2. The maximum Gasteiger partial charge on any atom is 0.140 e. The molecule has 16 heavy (non-hydrogen) atoms. The average molecular weight is 255 g/mol. The van der Waals surface area contributed by atoms with E-state index in [9.17, 15) is 0 Å². The quantitative estimate of drug-likeness (QED) is 0.688. The van der Waals surface area contributed by atoms with Gasteiger partial charge in [0.15, 0.2) is 0 Å². The summed E-state index contributed by atoms with van der Waals surface area (Å²) in [5, 5.41) is 1.97. The van der Waals surface area contributed by atoms with Crippen molar-refractivity contribution in [1.29, 1.82) is 0 Å². The van der Waals surface area contributed by atoms with E-state index in [0.717, 1.165) is 10.9 Å². The summed E-state index contributed by atoms with van der Waals surface area (Å²) in [7, 11) is 0. The Morgan fingerprint density at radius 2 is 2.00 bits per heavy atom. The molecule has 0 spiro atoms. The highest BCUT2D eigenvalue weighted by Crippen LogP contribution is 2.34. The Hall–Kier alpha value is -0.730. The molecule has 3 rings (SSSR count). The molecule has 84 valence electrons. The molecule has 1 saturated carbocycles. The lowest BCUT2D eigenvalue weighted by Gasteiger charge is -2.13. The van der Waals surface area contributed by atoms with E-state index in [2.05, 4.69) is 15.7 Å². The van der Waals surface area contributed by atoms with Crippen molar-refractivity contribution in [2.75, 3.05) is 0 Å². The Balaban J connectivity index is 2.18. The topological polar surface area (TPSA) is 17.8 Å². The maximum absolute atomic E-state index is 6.07. The van der Waals surface area contributed by atoms with Gasteiger partial charge in [0.05, 0.1) is 5.52 Å². The predicted molar refractivity (Wildman–Crippen MR) is 67.3 cm³/mol. The standard InChI is InChI=1S/C12H12Cl2N2/c13-11-7-10-9(12(14)15-11)5-6-16(10)8-3-1-2-4-8/h5-8H,1-4H2. The summed E-state index contributed by atoms with van der Waals surface area (Å²) < 4.78 is 2.29. The summed E-state index contributed by atoms with van der Waals surface area (Å²) in [6, 6.07) is 4.53. The van der Waals surface area contributed by atoms with Crippen molar-refractivity contribution >= 4 is 34.1 Å². The normalized spacial score (nSPS) is 17.4. The molecule has 1 fully saturated rings. The van der Waals surface area contributed by atoms with Crippen LogP contribution in [0.2, 0.25) is 10.3 Å². The minimum absolute atomic E-state index is 0.468. The molecule has 0 unspecified atom stereocenters. The van der Waals surface area contributed by atoms with Crippen LogP contribution in [-0.2, 0) is 0 Å². The molecule has 1 aliphatic carbocycles. The summed E-state index contributed by atoms with van der Waals surface area (Å²) in [6.45, 7) is 0. The molecule has 0 atom stereocenters. The fourth-order valence-electron chi connectivity index (χ4n) is 2.59. The highest BCUT2D eigenvalue weighted by molar-refractivity contribution is 6.36. The zero-order chi connectivity index (χ0) is 11.1. The monoisotopic (exact) mass is 254 g/mol. The molecular weight excluding hydrogens is 243 g/mol. The van der Waals surface area contributed by atoms with Crippen LogP contribution in [0.4, 0.5) is 0 Å². The molecule has 2 heterocycles. The molecule has 0 saturated heterocycles. The molecule has 0 aromatic carbocycles. The fourth-order valence-corrected chi connectivity index (χ4v) is 3.07. The molecule has 0 bridgehead atoms. The second kappa shape index (κ2) is 3.94. The molecule has 0 N–H and O–H groups in total. The average Bonchev–Trinajstić information content (AvgIpc) is 2.83. The Kier molecular flexibility index (Phi) is 2.56. The van der Waals surface area contributed by atoms with E-state index in [1.165, 1.54) is 25.7 Å². The van der Waals surface area contributed by atoms with Gasteiger partial charge >= 0.3 is 0 Å². The number of aromatic nitrogens is 2. The largest absolute Gasteiger partial charge is 0.344 e. The van der Waals surface area contributed by atoms with Gasteiger partial charge in [-0.1, -0.05) is 36.0 Å². The molecule has 2 aromatic rings. The third-order valence-corrected chi connectivity index (χ3v) is 3.84. The van der Waals surface area contributed by atoms with Gasteiger partial charge in [-0.15, -0.1) is 0 Å². The second-order valence-electron chi connectivity index (χ2n) is 4.33. The van der Waals surface area contributed by atoms with Gasteiger partial charge in [0.1, 0.15) is 10.3 Å². The van der Waals surface area contributed by atoms with Gasteiger partial charge in [-0.2, -0.15) is 0 Å². The van der Waals surface area contributed by atoms with Crippen molar-refractivity contribution in [3.8, 4) is 0 Å². The van der Waals surface area contributed by atoms with E-state index in [1.807, 2.05) is 12.1 Å². The van der Waals surface area contributed by atoms with Crippen LogP contribution in [0.25, 0.3) is 10.9 Å². The first-order chi connectivity index (χ1) is 7.75. The van der Waals surface area contributed by atoms with Gasteiger partial charge < -0.3 is 4.57 Å². The van der Waals surface area contributed by atoms with Crippen LogP contribution in [0.1, 0.15) is 31.7 Å². The van der Waals surface area contributed by atoms with Crippen LogP contribution >= 0.6 is 23.2 Å². The Morgan fingerprint density at radius 3 is 2.75 bits per heavy atom. The van der Waals surface area contributed by atoms with Crippen molar-refractivity contribution in [2.24, 2.45) is 0 Å². The zero-order valence-corrected chi connectivity index (χ0v) is 10.3. The number of halogens is 2. The van der Waals surface area contributed by atoms with E-state index in [4.69, 9.17) is 23.2 Å². The van der Waals surface area contributed by atoms with Crippen molar-refractivity contribution < 1.29 is 0 Å². The van der Waals surface area contributed by atoms with Crippen molar-refractivity contribution in [3.05, 3.63) is 28.6 Å². The van der Waals surface area contributed by atoms with Crippen LogP contribution in [0.15, 0.2) is 18.3 Å². The van der Waals surface area contributed by atoms with Crippen LogP contribution in [0, 0.1) is 0 Å². The number of rotatable bonds is 1. The smallest absolute Gasteiger partial charge is 0.140 e. The van der Waals surface area contributed by atoms with Crippen LogP contribution < -0.4 is 0 Å². The first-order valence-electron chi connectivity index (χ1n) is 5.58. The van der Waals surface area contributed by atoms with Crippen LogP contribution in [-0.4, -0.2) is 9.55 Å². The van der Waals surface area contributed by atoms with Gasteiger partial charge in [0.2, 0.25) is 0 Å². The molecular formula is C12H12Cl2N2. The Bertz CT molecular complexity index is 527. The molecule has 0 aliphatic heterocycles. The summed E-state index contributed by atoms with van der Waals surface area (Å²) in [5.41, 5.74) is 1.11. The van der Waals surface area contributed by atoms with E-state index in [1.54, 1.807) is 0 Å². The third kappa shape index (κ3) is 1.61. The minimum atomic E-state index is 0.468. The molecule has 1 aliphatic rings. The van der Waals surface area contributed by atoms with Gasteiger partial charge in [0.25, 0.3) is 0 Å². The van der Waals surface area contributed by atoms with E-state index >= 15 is 0 Å². The number of pyridine rings is 1. The zero-order valence-electron chi connectivity index (χ0n) is 8.79. The number of hydrogen-bond donors (Lipinski definition) is 0. The summed E-state index contributed by atoms with van der Waals surface area (Å²) in [6.07, 6.45) is 7.24. The minimum Gasteiger partial charge on any atom is -0.344 e. The van der Waals surface area contributed by atoms with Gasteiger partial charge in [-0.05, 0) is 25.0 Å². The maximum atomic E-state index is 6.07. The van der Waals surface area contributed by atoms with Gasteiger partial charge in [0, 0.05) is 17.6 Å². The molecule has 4 heteroatoms. The Labute approximate surface area is 104 Å². The molecule has 0 radical (unpaired) electrons. The SMILES string of the molecule is Clc1cc2c(ccn2C2CCCC2)c(Cl)n1. The highest BCUT2D eigenvalue weighted by atomic mass is 35.5. The van der Waals surface area contributed by atoms with Crippen molar-refractivity contribution in [2.45, 2.75) is 31.7 Å². The highest BCUT2D eigenvalue weighted by Gasteiger charge is 2.19. The van der Waals surface area contributed by atoms with Crippen LogP contribution in [0.5, 0.6) is 0 Å². The van der Waals surface area contributed by atoms with Gasteiger partial charge in [-0.3, -0.25) is 0 Å². The molecule has 0 amide bonds. The van der Waals surface area contributed by atoms with Gasteiger partial charge in [-0.25, -0.2) is 4.98 Å². The van der Waals surface area contributed by atoms with Crippen molar-refractivity contribution in [1.82, 2.24) is 9.55 Å². The van der Waals surface area contributed by atoms with E-state index in [-0.39, 0.29) is 0 Å². The third-order valence-electron chi connectivity index (χ3n) is 3.36. The summed E-state index contributed by atoms with van der Waals surface area (Å²) in [5.74, 6) is 0. The lowest BCUT2D eigenvalue weighted by molar-refractivity contribution is 0.536. The lowest BCUT2D eigenvalue weighted by Crippen LogP contribution is -2.02. The second-order valence-corrected chi connectivity index (χ2v) is 5.08. The summed E-state index contributed by atoms with van der Waals surface area (Å²) in [4.78, 5) is 4.06. The number of hydrogen-bond acceptors (Lipinski definition) is 1. The molecule has 2 nitrogen and oxygen atoms in total. The lowest BCUT2D eigenvalue weighted by atomic mass is 10.2. The predicted octanol–water partition coefficient (Wildman–Crippen LogP) is 4.46. The first kappa shape index (κ1) is 10.4. The Morgan fingerprint density at radius 1 is 1.25 bits per heavy atom.